The highest BCUT2D eigenvalue weighted by molar-refractivity contribution is 6.35. The Kier molecular flexibility index (Phi) is 4.68. The molecule has 1 N–H and O–H groups in total. The molecular formula is C19H14ClF3N4O. The Morgan fingerprint density at radius 2 is 1.96 bits per heavy atom. The molecule has 0 saturated carbocycles. The van der Waals surface area contributed by atoms with Crippen molar-refractivity contribution in [1.82, 2.24) is 20.3 Å². The number of aromatic nitrogens is 3. The van der Waals surface area contributed by atoms with E-state index in [9.17, 15) is 18.0 Å². The Labute approximate surface area is 163 Å². The van der Waals surface area contributed by atoms with Gasteiger partial charge in [0.05, 0.1) is 22.0 Å². The van der Waals surface area contributed by atoms with Crippen LogP contribution in [0.25, 0.3) is 5.69 Å². The molecule has 0 spiro atoms. The minimum absolute atomic E-state index is 0.196. The van der Waals surface area contributed by atoms with Crippen molar-refractivity contribution in [3.63, 3.8) is 0 Å². The molecule has 0 fully saturated rings. The van der Waals surface area contributed by atoms with E-state index >= 15 is 0 Å². The summed E-state index contributed by atoms with van der Waals surface area (Å²) < 4.78 is 40.9. The van der Waals surface area contributed by atoms with E-state index in [1.807, 2.05) is 0 Å². The minimum atomic E-state index is -4.64. The number of hydrogen-bond donors (Lipinski definition) is 1. The molecule has 4 rings (SSSR count). The Bertz CT molecular complexity index is 1060. The second-order valence-electron chi connectivity index (χ2n) is 6.37. The third kappa shape index (κ3) is 3.29. The summed E-state index contributed by atoms with van der Waals surface area (Å²) in [7, 11) is 0. The first-order valence-electron chi connectivity index (χ1n) is 8.51. The summed E-state index contributed by atoms with van der Waals surface area (Å²) in [6, 6.07) is 9.84. The molecule has 28 heavy (non-hydrogen) atoms. The van der Waals surface area contributed by atoms with Crippen LogP contribution in [0.3, 0.4) is 0 Å². The number of alkyl halides is 3. The maximum absolute atomic E-state index is 13.1. The zero-order chi connectivity index (χ0) is 19.9. The maximum atomic E-state index is 13.1. The molecule has 0 radical (unpaired) electrons. The third-order valence-electron chi connectivity index (χ3n) is 4.58. The van der Waals surface area contributed by atoms with Crippen LogP contribution in [0.4, 0.5) is 13.2 Å². The lowest BCUT2D eigenvalue weighted by molar-refractivity contribution is -0.137. The summed E-state index contributed by atoms with van der Waals surface area (Å²) in [5, 5.41) is 10.9. The largest absolute Gasteiger partial charge is 0.417 e. The highest BCUT2D eigenvalue weighted by atomic mass is 35.5. The molecule has 0 aliphatic carbocycles. The molecule has 9 heteroatoms. The predicted octanol–water partition coefficient (Wildman–Crippen LogP) is 3.82. The number of nitrogens with zero attached hydrogens (tertiary/aromatic N) is 3. The van der Waals surface area contributed by atoms with E-state index in [4.69, 9.17) is 11.6 Å². The van der Waals surface area contributed by atoms with Crippen LogP contribution in [0.1, 0.15) is 32.9 Å². The van der Waals surface area contributed by atoms with E-state index in [2.05, 4.69) is 15.6 Å². The quantitative estimate of drug-likeness (QED) is 0.672. The normalized spacial score (nSPS) is 14.0. The number of nitrogens with one attached hydrogen (secondary N) is 1. The van der Waals surface area contributed by atoms with Crippen LogP contribution in [-0.2, 0) is 19.1 Å². The third-order valence-corrected chi connectivity index (χ3v) is 4.98. The van der Waals surface area contributed by atoms with Gasteiger partial charge < -0.3 is 5.32 Å². The minimum Gasteiger partial charge on any atom is -0.311 e. The first-order chi connectivity index (χ1) is 13.4. The number of carbonyl (C=O) groups excluding carboxylic acids is 1. The lowest BCUT2D eigenvalue weighted by Crippen LogP contribution is -2.24. The van der Waals surface area contributed by atoms with Gasteiger partial charge in [-0.2, -0.15) is 13.2 Å². The van der Waals surface area contributed by atoms with Crippen molar-refractivity contribution in [2.24, 2.45) is 0 Å². The van der Waals surface area contributed by atoms with Crippen LogP contribution in [0, 0.1) is 0 Å². The topological polar surface area (TPSA) is 59.8 Å². The Morgan fingerprint density at radius 3 is 2.75 bits per heavy atom. The van der Waals surface area contributed by atoms with Gasteiger partial charge in [0.2, 0.25) is 0 Å². The van der Waals surface area contributed by atoms with E-state index in [0.717, 1.165) is 30.4 Å². The fourth-order valence-corrected chi connectivity index (χ4v) is 3.52. The van der Waals surface area contributed by atoms with E-state index in [0.29, 0.717) is 12.2 Å². The zero-order valence-electron chi connectivity index (χ0n) is 14.4. The molecule has 144 valence electrons. The van der Waals surface area contributed by atoms with Gasteiger partial charge in [0, 0.05) is 30.6 Å². The Balaban J connectivity index is 1.73. The fourth-order valence-electron chi connectivity index (χ4n) is 3.20. The number of hydrogen-bond acceptors (Lipinski definition) is 4. The number of carbonyl (C=O) groups is 1. The lowest BCUT2D eigenvalue weighted by Gasteiger charge is -2.14. The molecule has 2 heterocycles. The van der Waals surface area contributed by atoms with Crippen molar-refractivity contribution >= 4 is 17.4 Å². The van der Waals surface area contributed by atoms with Gasteiger partial charge in [0.1, 0.15) is 5.69 Å². The summed E-state index contributed by atoms with van der Waals surface area (Å²) in [6.45, 7) is 1.41. The Hall–Kier alpha value is -2.71. The summed E-state index contributed by atoms with van der Waals surface area (Å²) in [5.41, 5.74) is 1.39. The van der Waals surface area contributed by atoms with Gasteiger partial charge in [0.25, 0.3) is 0 Å². The molecular weight excluding hydrogens is 393 g/mol. The maximum Gasteiger partial charge on any atom is 0.417 e. The average molecular weight is 407 g/mol. The molecule has 1 aliphatic rings. The lowest BCUT2D eigenvalue weighted by atomic mass is 10.0. The van der Waals surface area contributed by atoms with E-state index in [1.54, 1.807) is 22.9 Å². The molecule has 0 saturated heterocycles. The molecule has 0 amide bonds. The van der Waals surface area contributed by atoms with Gasteiger partial charge >= 0.3 is 6.18 Å². The summed E-state index contributed by atoms with van der Waals surface area (Å²) in [6.07, 6.45) is -3.90. The standard InChI is InChI=1S/C19H14ClF3N4O/c20-17-13(5-2-6-14(17)19(21,22)23)18(28)11-3-1-4-12(9-11)27-16-7-8-24-10-15(16)25-26-27/h1-6,9,24H,7-8,10H2. The summed E-state index contributed by atoms with van der Waals surface area (Å²) in [4.78, 5) is 12.8. The van der Waals surface area contributed by atoms with Crippen LogP contribution < -0.4 is 5.32 Å². The number of ketones is 1. The summed E-state index contributed by atoms with van der Waals surface area (Å²) in [5.74, 6) is -0.589. The molecule has 5 nitrogen and oxygen atoms in total. The molecule has 0 unspecified atom stereocenters. The monoisotopic (exact) mass is 406 g/mol. The van der Waals surface area contributed by atoms with Gasteiger partial charge in [-0.05, 0) is 24.3 Å². The number of fused-ring (bicyclic) bond motifs is 1. The van der Waals surface area contributed by atoms with Crippen LogP contribution in [0.15, 0.2) is 42.5 Å². The van der Waals surface area contributed by atoms with Crippen molar-refractivity contribution in [3.8, 4) is 5.69 Å². The fraction of sp³-hybridized carbons (Fsp3) is 0.211. The van der Waals surface area contributed by atoms with Crippen molar-refractivity contribution in [1.29, 1.82) is 0 Å². The van der Waals surface area contributed by atoms with Crippen molar-refractivity contribution in [3.05, 3.63) is 75.6 Å². The number of benzene rings is 2. The molecule has 0 atom stereocenters. The predicted molar refractivity (Wildman–Crippen MR) is 96.7 cm³/mol. The van der Waals surface area contributed by atoms with Gasteiger partial charge in [-0.3, -0.25) is 4.79 Å². The van der Waals surface area contributed by atoms with E-state index in [1.165, 1.54) is 18.2 Å². The highest BCUT2D eigenvalue weighted by Crippen LogP contribution is 2.36. The van der Waals surface area contributed by atoms with E-state index < -0.39 is 22.5 Å². The molecule has 1 aliphatic heterocycles. The molecule has 2 aromatic carbocycles. The average Bonchev–Trinajstić information content (AvgIpc) is 3.11. The zero-order valence-corrected chi connectivity index (χ0v) is 15.2. The van der Waals surface area contributed by atoms with Crippen molar-refractivity contribution in [2.45, 2.75) is 19.1 Å². The first kappa shape index (κ1) is 18.6. The van der Waals surface area contributed by atoms with Crippen LogP contribution in [0.5, 0.6) is 0 Å². The molecule has 3 aromatic rings. The van der Waals surface area contributed by atoms with Crippen molar-refractivity contribution < 1.29 is 18.0 Å². The van der Waals surface area contributed by atoms with Gasteiger partial charge in [-0.1, -0.05) is 35.0 Å². The van der Waals surface area contributed by atoms with Crippen LogP contribution in [-0.4, -0.2) is 27.3 Å². The first-order valence-corrected chi connectivity index (χ1v) is 8.89. The smallest absolute Gasteiger partial charge is 0.311 e. The SMILES string of the molecule is O=C(c1cccc(-n2nnc3c2CCNC3)c1)c1cccc(C(F)(F)F)c1Cl. The second-order valence-corrected chi connectivity index (χ2v) is 6.74. The Morgan fingerprint density at radius 1 is 1.18 bits per heavy atom. The van der Waals surface area contributed by atoms with Crippen LogP contribution in [0.2, 0.25) is 5.02 Å². The second kappa shape index (κ2) is 7.03. The molecule has 0 bridgehead atoms. The number of rotatable bonds is 3. The van der Waals surface area contributed by atoms with Crippen LogP contribution >= 0.6 is 11.6 Å². The van der Waals surface area contributed by atoms with Crippen molar-refractivity contribution in [2.75, 3.05) is 6.54 Å². The highest BCUT2D eigenvalue weighted by Gasteiger charge is 2.34. The van der Waals surface area contributed by atoms with Gasteiger partial charge in [-0.25, -0.2) is 4.68 Å². The molecule has 1 aromatic heterocycles. The van der Waals surface area contributed by atoms with Gasteiger partial charge in [-0.15, -0.1) is 5.10 Å². The number of halogens is 4. The van der Waals surface area contributed by atoms with Gasteiger partial charge in [0.15, 0.2) is 5.78 Å². The van der Waals surface area contributed by atoms with E-state index in [-0.39, 0.29) is 11.1 Å². The summed E-state index contributed by atoms with van der Waals surface area (Å²) >= 11 is 5.90.